The molecular formula is C18H24N4O3. The number of nitrogens with zero attached hydrogens (tertiary/aromatic N) is 3. The zero-order valence-corrected chi connectivity index (χ0v) is 15.0. The van der Waals surface area contributed by atoms with Gasteiger partial charge in [-0.2, -0.15) is 0 Å². The van der Waals surface area contributed by atoms with Crippen LogP contribution < -0.4 is 17.0 Å². The summed E-state index contributed by atoms with van der Waals surface area (Å²) in [6, 6.07) is 9.42. The molecule has 134 valence electrons. The quantitative estimate of drug-likeness (QED) is 0.767. The van der Waals surface area contributed by atoms with Crippen molar-refractivity contribution in [3.8, 4) is 0 Å². The maximum absolute atomic E-state index is 12.8. The molecule has 2 rings (SSSR count). The third kappa shape index (κ3) is 3.71. The summed E-state index contributed by atoms with van der Waals surface area (Å²) in [7, 11) is 4.61. The van der Waals surface area contributed by atoms with Gasteiger partial charge in [-0.3, -0.25) is 23.6 Å². The fraction of sp³-hybridized carbons (Fsp3) is 0.389. The minimum Gasteiger partial charge on any atom is -0.384 e. The molecule has 0 bridgehead atoms. The van der Waals surface area contributed by atoms with Crippen LogP contribution in [0.25, 0.3) is 0 Å². The van der Waals surface area contributed by atoms with E-state index >= 15 is 0 Å². The van der Waals surface area contributed by atoms with Crippen molar-refractivity contribution in [2.45, 2.75) is 19.4 Å². The van der Waals surface area contributed by atoms with Gasteiger partial charge >= 0.3 is 5.69 Å². The number of hydrogen-bond donors (Lipinski definition) is 1. The van der Waals surface area contributed by atoms with Crippen LogP contribution in [0.2, 0.25) is 0 Å². The number of anilines is 1. The minimum absolute atomic E-state index is 0.0959. The summed E-state index contributed by atoms with van der Waals surface area (Å²) >= 11 is 0. The number of carbonyl (C=O) groups is 1. The van der Waals surface area contributed by atoms with Gasteiger partial charge in [0.2, 0.25) is 0 Å². The lowest BCUT2D eigenvalue weighted by molar-refractivity contribution is 0.0867. The number of hydrogen-bond acceptors (Lipinski definition) is 5. The highest BCUT2D eigenvalue weighted by molar-refractivity contribution is 6.03. The predicted octanol–water partition coefficient (Wildman–Crippen LogP) is 0.412. The molecule has 7 nitrogen and oxygen atoms in total. The van der Waals surface area contributed by atoms with Crippen LogP contribution >= 0.6 is 0 Å². The zero-order valence-electron chi connectivity index (χ0n) is 15.0. The topological polar surface area (TPSA) is 90.3 Å². The molecule has 0 amide bonds. The summed E-state index contributed by atoms with van der Waals surface area (Å²) in [6.45, 7) is 2.39. The predicted molar refractivity (Wildman–Crippen MR) is 97.9 cm³/mol. The van der Waals surface area contributed by atoms with E-state index in [0.29, 0.717) is 6.54 Å². The van der Waals surface area contributed by atoms with E-state index < -0.39 is 17.3 Å². The van der Waals surface area contributed by atoms with E-state index in [1.807, 2.05) is 42.3 Å². The van der Waals surface area contributed by atoms with Crippen molar-refractivity contribution in [3.63, 3.8) is 0 Å². The molecule has 1 heterocycles. The lowest BCUT2D eigenvalue weighted by Crippen LogP contribution is -2.45. The van der Waals surface area contributed by atoms with Gasteiger partial charge in [0.05, 0.1) is 6.04 Å². The van der Waals surface area contributed by atoms with E-state index in [9.17, 15) is 14.4 Å². The van der Waals surface area contributed by atoms with Crippen molar-refractivity contribution in [1.82, 2.24) is 14.0 Å². The molecule has 0 aliphatic carbocycles. The average Bonchev–Trinajstić information content (AvgIpc) is 2.63. The molecule has 7 heteroatoms. The Hall–Kier alpha value is -2.67. The lowest BCUT2D eigenvalue weighted by Gasteiger charge is -2.24. The molecule has 1 atom stereocenters. The molecule has 0 aliphatic heterocycles. The highest BCUT2D eigenvalue weighted by atomic mass is 16.2. The Bertz CT molecular complexity index is 884. The fourth-order valence-corrected chi connectivity index (χ4v) is 2.64. The molecule has 0 saturated heterocycles. The third-order valence-electron chi connectivity index (χ3n) is 4.59. The number of nitrogen functional groups attached to an aromatic ring is 1. The Balaban J connectivity index is 2.23. The first-order valence-electron chi connectivity index (χ1n) is 8.09. The van der Waals surface area contributed by atoms with Crippen LogP contribution in [0.4, 0.5) is 5.82 Å². The fourth-order valence-electron chi connectivity index (χ4n) is 2.64. The van der Waals surface area contributed by atoms with Crippen LogP contribution in [-0.2, 0) is 20.5 Å². The summed E-state index contributed by atoms with van der Waals surface area (Å²) < 4.78 is 2.02. The van der Waals surface area contributed by atoms with Gasteiger partial charge in [-0.1, -0.05) is 30.3 Å². The van der Waals surface area contributed by atoms with Gasteiger partial charge in [0.15, 0.2) is 5.78 Å². The maximum atomic E-state index is 12.8. The highest BCUT2D eigenvalue weighted by Crippen LogP contribution is 2.11. The minimum atomic E-state index is -0.658. The Morgan fingerprint density at radius 2 is 1.76 bits per heavy atom. The van der Waals surface area contributed by atoms with E-state index in [4.69, 9.17) is 5.73 Å². The van der Waals surface area contributed by atoms with Crippen molar-refractivity contribution in [1.29, 1.82) is 0 Å². The molecule has 2 aromatic rings. The Morgan fingerprint density at radius 1 is 1.16 bits per heavy atom. The second-order valence-electron chi connectivity index (χ2n) is 6.22. The van der Waals surface area contributed by atoms with E-state index in [1.165, 1.54) is 19.7 Å². The summed E-state index contributed by atoms with van der Waals surface area (Å²) in [5.41, 5.74) is 5.69. The van der Waals surface area contributed by atoms with Gasteiger partial charge in [0.1, 0.15) is 11.4 Å². The normalized spacial score (nSPS) is 12.4. The summed E-state index contributed by atoms with van der Waals surface area (Å²) in [4.78, 5) is 38.9. The number of likely N-dealkylation sites (N-methyl/N-ethyl adjacent to an activating group) is 1. The van der Waals surface area contributed by atoms with E-state index in [2.05, 4.69) is 0 Å². The van der Waals surface area contributed by atoms with Crippen LogP contribution in [-0.4, -0.2) is 39.5 Å². The van der Waals surface area contributed by atoms with Crippen LogP contribution in [0.5, 0.6) is 0 Å². The van der Waals surface area contributed by atoms with Crippen molar-refractivity contribution in [2.24, 2.45) is 14.1 Å². The molecule has 0 spiro atoms. The average molecular weight is 344 g/mol. The first kappa shape index (κ1) is 18.7. The highest BCUT2D eigenvalue weighted by Gasteiger charge is 2.26. The second-order valence-corrected chi connectivity index (χ2v) is 6.22. The molecule has 0 aliphatic rings. The first-order chi connectivity index (χ1) is 11.8. The molecule has 0 saturated carbocycles. The zero-order chi connectivity index (χ0) is 18.7. The summed E-state index contributed by atoms with van der Waals surface area (Å²) in [5.74, 6) is -0.481. The Morgan fingerprint density at radius 3 is 2.36 bits per heavy atom. The smallest absolute Gasteiger partial charge is 0.332 e. The van der Waals surface area contributed by atoms with E-state index in [-0.39, 0.29) is 17.2 Å². The number of ketones is 1. The molecule has 2 N–H and O–H groups in total. The van der Waals surface area contributed by atoms with E-state index in [1.54, 1.807) is 6.92 Å². The maximum Gasteiger partial charge on any atom is 0.332 e. The molecule has 1 aromatic carbocycles. The third-order valence-corrected chi connectivity index (χ3v) is 4.59. The van der Waals surface area contributed by atoms with E-state index in [0.717, 1.165) is 15.6 Å². The second kappa shape index (κ2) is 7.48. The van der Waals surface area contributed by atoms with Gasteiger partial charge in [-0.25, -0.2) is 4.79 Å². The van der Waals surface area contributed by atoms with Crippen molar-refractivity contribution >= 4 is 11.6 Å². The summed E-state index contributed by atoms with van der Waals surface area (Å²) in [5, 5.41) is 0. The van der Waals surface area contributed by atoms with Gasteiger partial charge in [-0.05, 0) is 26.0 Å². The molecule has 25 heavy (non-hydrogen) atoms. The first-order valence-corrected chi connectivity index (χ1v) is 8.09. The summed E-state index contributed by atoms with van der Waals surface area (Å²) in [6.07, 6.45) is 0.787. The number of Topliss-reactive ketones (excluding diaryl/α,β-unsaturated/α-hetero) is 1. The molecule has 0 fully saturated rings. The number of rotatable bonds is 6. The Kier molecular flexibility index (Phi) is 5.58. The van der Waals surface area contributed by atoms with Gasteiger partial charge in [0.25, 0.3) is 5.56 Å². The number of benzene rings is 1. The van der Waals surface area contributed by atoms with Gasteiger partial charge in [0, 0.05) is 20.6 Å². The van der Waals surface area contributed by atoms with Gasteiger partial charge in [-0.15, -0.1) is 0 Å². The van der Waals surface area contributed by atoms with Crippen LogP contribution in [0.3, 0.4) is 0 Å². The standard InChI is InChI=1S/C18H24N4O3/c1-12(20(2)11-10-13-8-6-5-7-9-13)15(23)14-16(19)21(3)18(25)22(4)17(14)24/h5-9,12H,10-11,19H2,1-4H3. The van der Waals surface area contributed by atoms with Crippen molar-refractivity contribution < 1.29 is 4.79 Å². The lowest BCUT2D eigenvalue weighted by atomic mass is 10.1. The van der Waals surface area contributed by atoms with Crippen LogP contribution in [0.15, 0.2) is 39.9 Å². The number of carbonyl (C=O) groups excluding carboxylic acids is 1. The van der Waals surface area contributed by atoms with Crippen LogP contribution in [0.1, 0.15) is 22.8 Å². The largest absolute Gasteiger partial charge is 0.384 e. The number of nitrogens with two attached hydrogens (primary N) is 1. The molecule has 0 radical (unpaired) electrons. The van der Waals surface area contributed by atoms with Crippen molar-refractivity contribution in [3.05, 3.63) is 62.3 Å². The molecular weight excluding hydrogens is 320 g/mol. The monoisotopic (exact) mass is 344 g/mol. The Labute approximate surface area is 146 Å². The van der Waals surface area contributed by atoms with Crippen molar-refractivity contribution in [2.75, 3.05) is 19.3 Å². The van der Waals surface area contributed by atoms with Crippen LogP contribution in [0, 0.1) is 0 Å². The molecule has 1 aromatic heterocycles. The SMILES string of the molecule is CC(C(=O)c1c(N)n(C)c(=O)n(C)c1=O)N(C)CCc1ccccc1. The molecule has 1 unspecified atom stereocenters. The number of aromatic nitrogens is 2. The van der Waals surface area contributed by atoms with Gasteiger partial charge < -0.3 is 5.73 Å².